The quantitative estimate of drug-likeness (QED) is 0.691. The third-order valence-corrected chi connectivity index (χ3v) is 4.93. The molecular weight excluding hydrogens is 392 g/mol. The maximum Gasteiger partial charge on any atom is 0.387 e. The lowest BCUT2D eigenvalue weighted by Crippen LogP contribution is -2.50. The van der Waals surface area contributed by atoms with Crippen LogP contribution in [0, 0.1) is 11.3 Å². The normalized spacial score (nSPS) is 14.4. The molecule has 1 aliphatic rings. The molecule has 0 atom stereocenters. The van der Waals surface area contributed by atoms with Gasteiger partial charge in [-0.1, -0.05) is 12.1 Å². The van der Waals surface area contributed by atoms with Crippen LogP contribution < -0.4 is 9.64 Å². The number of anilines is 1. The second-order valence-electron chi connectivity index (χ2n) is 7.02. The Hall–Kier alpha value is -3.25. The highest BCUT2D eigenvalue weighted by Gasteiger charge is 2.22. The number of pyridine rings is 1. The molecule has 158 valence electrons. The Morgan fingerprint density at radius 2 is 1.93 bits per heavy atom. The zero-order valence-electron chi connectivity index (χ0n) is 16.7. The summed E-state index contributed by atoms with van der Waals surface area (Å²) in [6.07, 6.45) is 1.67. The summed E-state index contributed by atoms with van der Waals surface area (Å²) in [5.74, 6) is 0.752. The SMILES string of the molecule is CN(Cc1ccc(OC(F)F)cc1)C(=O)CN1CCN(c2ncccc2C#N)CC1. The Balaban J connectivity index is 1.48. The molecule has 2 heterocycles. The summed E-state index contributed by atoms with van der Waals surface area (Å²) in [6, 6.07) is 11.9. The van der Waals surface area contributed by atoms with E-state index in [-0.39, 0.29) is 11.7 Å². The van der Waals surface area contributed by atoms with E-state index in [4.69, 9.17) is 0 Å². The zero-order chi connectivity index (χ0) is 21.5. The lowest BCUT2D eigenvalue weighted by Gasteiger charge is -2.35. The molecule has 9 heteroatoms. The summed E-state index contributed by atoms with van der Waals surface area (Å²) >= 11 is 0. The van der Waals surface area contributed by atoms with Crippen LogP contribution in [0.25, 0.3) is 0 Å². The second-order valence-corrected chi connectivity index (χ2v) is 7.02. The largest absolute Gasteiger partial charge is 0.435 e. The van der Waals surface area contributed by atoms with Gasteiger partial charge in [0.15, 0.2) is 0 Å². The monoisotopic (exact) mass is 415 g/mol. The van der Waals surface area contributed by atoms with Crippen molar-refractivity contribution in [3.8, 4) is 11.8 Å². The Bertz CT molecular complexity index is 893. The number of rotatable bonds is 7. The summed E-state index contributed by atoms with van der Waals surface area (Å²) in [4.78, 5) is 22.6. The number of nitriles is 1. The number of carbonyl (C=O) groups is 1. The van der Waals surface area contributed by atoms with Crippen molar-refractivity contribution in [3.63, 3.8) is 0 Å². The van der Waals surface area contributed by atoms with Gasteiger partial charge >= 0.3 is 6.61 Å². The number of carbonyl (C=O) groups excluding carboxylic acids is 1. The Morgan fingerprint density at radius 3 is 2.57 bits per heavy atom. The summed E-state index contributed by atoms with van der Waals surface area (Å²) in [5, 5.41) is 9.24. The fraction of sp³-hybridized carbons (Fsp3) is 0.381. The van der Waals surface area contributed by atoms with Crippen molar-refractivity contribution in [1.29, 1.82) is 5.26 Å². The molecule has 0 unspecified atom stereocenters. The van der Waals surface area contributed by atoms with Crippen LogP contribution in [0.1, 0.15) is 11.1 Å². The third-order valence-electron chi connectivity index (χ3n) is 4.93. The summed E-state index contributed by atoms with van der Waals surface area (Å²) in [5.41, 5.74) is 1.38. The lowest BCUT2D eigenvalue weighted by atomic mass is 10.2. The van der Waals surface area contributed by atoms with E-state index in [0.717, 1.165) is 5.56 Å². The van der Waals surface area contributed by atoms with Gasteiger partial charge in [0.2, 0.25) is 5.91 Å². The summed E-state index contributed by atoms with van der Waals surface area (Å²) < 4.78 is 28.8. The van der Waals surface area contributed by atoms with Gasteiger partial charge in [0.1, 0.15) is 17.6 Å². The molecule has 3 rings (SSSR count). The van der Waals surface area contributed by atoms with E-state index in [1.165, 1.54) is 12.1 Å². The highest BCUT2D eigenvalue weighted by molar-refractivity contribution is 5.78. The molecule has 0 radical (unpaired) electrons. The van der Waals surface area contributed by atoms with Crippen molar-refractivity contribution >= 4 is 11.7 Å². The van der Waals surface area contributed by atoms with Gasteiger partial charge in [-0.05, 0) is 29.8 Å². The van der Waals surface area contributed by atoms with E-state index < -0.39 is 6.61 Å². The van der Waals surface area contributed by atoms with Gasteiger partial charge in [0.25, 0.3) is 0 Å². The fourth-order valence-corrected chi connectivity index (χ4v) is 3.30. The van der Waals surface area contributed by atoms with Gasteiger partial charge in [-0.25, -0.2) is 4.98 Å². The minimum absolute atomic E-state index is 0.0214. The number of aromatic nitrogens is 1. The lowest BCUT2D eigenvalue weighted by molar-refractivity contribution is -0.131. The smallest absolute Gasteiger partial charge is 0.387 e. The molecule has 1 fully saturated rings. The summed E-state index contributed by atoms with van der Waals surface area (Å²) in [7, 11) is 1.72. The van der Waals surface area contributed by atoms with Gasteiger partial charge < -0.3 is 14.5 Å². The van der Waals surface area contributed by atoms with Crippen LogP contribution in [0.15, 0.2) is 42.6 Å². The van der Waals surface area contributed by atoms with Crippen LogP contribution >= 0.6 is 0 Å². The Kier molecular flexibility index (Phi) is 7.14. The number of halogens is 2. The van der Waals surface area contributed by atoms with Crippen LogP contribution in [-0.4, -0.2) is 67.1 Å². The first-order valence-corrected chi connectivity index (χ1v) is 9.56. The number of alkyl halides is 2. The average Bonchev–Trinajstić information content (AvgIpc) is 2.75. The summed E-state index contributed by atoms with van der Waals surface area (Å²) in [6.45, 7) is 0.589. The molecule has 1 aromatic carbocycles. The number of nitrogens with zero attached hydrogens (tertiary/aromatic N) is 5. The van der Waals surface area contributed by atoms with Crippen LogP contribution in [0.3, 0.4) is 0 Å². The van der Waals surface area contributed by atoms with Gasteiger partial charge in [-0.3, -0.25) is 9.69 Å². The molecule has 2 aromatic rings. The van der Waals surface area contributed by atoms with Crippen molar-refractivity contribution in [2.75, 3.05) is 44.7 Å². The Labute approximate surface area is 174 Å². The van der Waals surface area contributed by atoms with Gasteiger partial charge in [-0.15, -0.1) is 0 Å². The van der Waals surface area contributed by atoms with Crippen molar-refractivity contribution in [3.05, 3.63) is 53.7 Å². The maximum atomic E-state index is 12.6. The molecule has 7 nitrogen and oxygen atoms in total. The highest BCUT2D eigenvalue weighted by Crippen LogP contribution is 2.18. The van der Waals surface area contributed by atoms with Crippen LogP contribution in [-0.2, 0) is 11.3 Å². The predicted octanol–water partition coefficient (Wildman–Crippen LogP) is 2.34. The van der Waals surface area contributed by atoms with E-state index in [2.05, 4.69) is 25.6 Å². The Morgan fingerprint density at radius 1 is 1.23 bits per heavy atom. The zero-order valence-corrected chi connectivity index (χ0v) is 16.7. The van der Waals surface area contributed by atoms with E-state index in [0.29, 0.717) is 50.6 Å². The molecule has 0 spiro atoms. The van der Waals surface area contributed by atoms with Crippen molar-refractivity contribution in [2.24, 2.45) is 0 Å². The van der Waals surface area contributed by atoms with Crippen molar-refractivity contribution in [2.45, 2.75) is 13.2 Å². The van der Waals surface area contributed by atoms with Gasteiger partial charge in [0, 0.05) is 46.0 Å². The van der Waals surface area contributed by atoms with Crippen LogP contribution in [0.4, 0.5) is 14.6 Å². The first kappa shape index (κ1) is 21.5. The standard InChI is InChI=1S/C21H23F2N5O2/c1-26(14-16-4-6-18(7-5-16)30-21(22)23)19(29)15-27-9-11-28(12-10-27)20-17(13-24)3-2-8-25-20/h2-8,21H,9-12,14-15H2,1H3. The first-order chi connectivity index (χ1) is 14.5. The number of hydrogen-bond acceptors (Lipinski definition) is 6. The number of likely N-dealkylation sites (N-methyl/N-ethyl adjacent to an activating group) is 1. The molecule has 0 bridgehead atoms. The molecular formula is C21H23F2N5O2. The van der Waals surface area contributed by atoms with Crippen molar-refractivity contribution in [1.82, 2.24) is 14.8 Å². The number of piperazine rings is 1. The van der Waals surface area contributed by atoms with E-state index >= 15 is 0 Å². The van der Waals surface area contributed by atoms with Crippen LogP contribution in [0.5, 0.6) is 5.75 Å². The van der Waals surface area contributed by atoms with Gasteiger partial charge in [0.05, 0.1) is 12.1 Å². The van der Waals surface area contributed by atoms with Crippen molar-refractivity contribution < 1.29 is 18.3 Å². The molecule has 30 heavy (non-hydrogen) atoms. The topological polar surface area (TPSA) is 72.7 Å². The van der Waals surface area contributed by atoms with Crippen LogP contribution in [0.2, 0.25) is 0 Å². The molecule has 0 saturated carbocycles. The molecule has 1 aromatic heterocycles. The highest BCUT2D eigenvalue weighted by atomic mass is 19.3. The number of hydrogen-bond donors (Lipinski definition) is 0. The molecule has 0 aliphatic carbocycles. The van der Waals surface area contributed by atoms with E-state index in [9.17, 15) is 18.8 Å². The maximum absolute atomic E-state index is 12.6. The third kappa shape index (κ3) is 5.64. The average molecular weight is 415 g/mol. The minimum Gasteiger partial charge on any atom is -0.435 e. The molecule has 1 saturated heterocycles. The molecule has 0 N–H and O–H groups in total. The minimum atomic E-state index is -2.86. The number of ether oxygens (including phenoxy) is 1. The second kappa shape index (κ2) is 9.98. The first-order valence-electron chi connectivity index (χ1n) is 9.56. The fourth-order valence-electron chi connectivity index (χ4n) is 3.30. The van der Waals surface area contributed by atoms with E-state index in [1.807, 2.05) is 0 Å². The number of benzene rings is 1. The van der Waals surface area contributed by atoms with E-state index in [1.54, 1.807) is 42.4 Å². The molecule has 1 amide bonds. The number of amides is 1. The predicted molar refractivity (Wildman–Crippen MR) is 107 cm³/mol. The van der Waals surface area contributed by atoms with Gasteiger partial charge in [-0.2, -0.15) is 14.0 Å². The molecule has 1 aliphatic heterocycles.